The second-order valence-electron chi connectivity index (χ2n) is 9.69. The number of carbonyl (C=O) groups is 2. The van der Waals surface area contributed by atoms with Crippen LogP contribution in [-0.2, 0) is 16.0 Å². The summed E-state index contributed by atoms with van der Waals surface area (Å²) in [5.41, 5.74) is 2.28. The van der Waals surface area contributed by atoms with Crippen molar-refractivity contribution in [3.63, 3.8) is 0 Å². The summed E-state index contributed by atoms with van der Waals surface area (Å²) in [7, 11) is 3.24. The van der Waals surface area contributed by atoms with Crippen LogP contribution in [-0.4, -0.2) is 60.5 Å². The summed E-state index contributed by atoms with van der Waals surface area (Å²) in [6.45, 7) is 5.37. The molecule has 2 aliphatic heterocycles. The maximum absolute atomic E-state index is 13.8. The number of piperidine rings is 1. The molecule has 0 saturated carbocycles. The maximum Gasteiger partial charge on any atom is 0.252 e. The first kappa shape index (κ1) is 26.6. The van der Waals surface area contributed by atoms with Gasteiger partial charge in [0.2, 0.25) is 5.91 Å². The second kappa shape index (κ2) is 11.7. The highest BCUT2D eigenvalue weighted by Gasteiger charge is 2.44. The summed E-state index contributed by atoms with van der Waals surface area (Å²) in [5.74, 6) is 1.46. The lowest BCUT2D eigenvalue weighted by Gasteiger charge is -2.46. The Balaban J connectivity index is 1.50. The van der Waals surface area contributed by atoms with Crippen LogP contribution in [0.3, 0.4) is 0 Å². The van der Waals surface area contributed by atoms with Crippen molar-refractivity contribution < 1.29 is 19.1 Å². The summed E-state index contributed by atoms with van der Waals surface area (Å²) in [6.07, 6.45) is 7.18. The fourth-order valence-corrected chi connectivity index (χ4v) is 5.25. The summed E-state index contributed by atoms with van der Waals surface area (Å²) in [5, 5.41) is 3.55. The monoisotopic (exact) mass is 504 g/mol. The summed E-state index contributed by atoms with van der Waals surface area (Å²) < 4.78 is 10.9. The number of hydrogen-bond acceptors (Lipinski definition) is 5. The quantitative estimate of drug-likeness (QED) is 0.547. The Morgan fingerprint density at radius 3 is 2.32 bits per heavy atom. The van der Waals surface area contributed by atoms with Gasteiger partial charge in [-0.15, -0.1) is 0 Å². The highest BCUT2D eigenvalue weighted by atomic mass is 16.5. The molecule has 197 valence electrons. The summed E-state index contributed by atoms with van der Waals surface area (Å²) >= 11 is 0. The fraction of sp³-hybridized carbons (Fsp3) is 0.433. The van der Waals surface area contributed by atoms with Gasteiger partial charge in [0.15, 0.2) is 11.5 Å². The zero-order valence-electron chi connectivity index (χ0n) is 22.3. The number of likely N-dealkylation sites (tertiary alicyclic amines) is 1. The van der Waals surface area contributed by atoms with Gasteiger partial charge in [-0.2, -0.15) is 0 Å². The molecular weight excluding hydrogens is 466 g/mol. The molecule has 0 aromatic heterocycles. The van der Waals surface area contributed by atoms with Crippen molar-refractivity contribution in [3.8, 4) is 11.5 Å². The molecule has 1 saturated heterocycles. The van der Waals surface area contributed by atoms with Crippen molar-refractivity contribution in [3.05, 3.63) is 72.3 Å². The SMILES string of the molecule is CCC1(CC)NC(c2ccc(OC)c(OC)c2)=CN(C2CCN(C(=O)[CH]Cc3ccccc3)CC2)C1=O. The van der Waals surface area contributed by atoms with Gasteiger partial charge in [0.1, 0.15) is 5.54 Å². The van der Waals surface area contributed by atoms with Gasteiger partial charge in [0.25, 0.3) is 5.91 Å². The Morgan fingerprint density at radius 2 is 1.70 bits per heavy atom. The van der Waals surface area contributed by atoms with Crippen molar-refractivity contribution in [2.24, 2.45) is 0 Å². The van der Waals surface area contributed by atoms with Crippen LogP contribution in [0.15, 0.2) is 54.7 Å². The Hall–Kier alpha value is -3.48. The van der Waals surface area contributed by atoms with E-state index >= 15 is 0 Å². The van der Waals surface area contributed by atoms with Crippen LogP contribution < -0.4 is 14.8 Å². The minimum atomic E-state index is -0.673. The smallest absolute Gasteiger partial charge is 0.252 e. The average molecular weight is 505 g/mol. The van der Waals surface area contributed by atoms with E-state index < -0.39 is 5.54 Å². The number of methoxy groups -OCH3 is 2. The predicted octanol–water partition coefficient (Wildman–Crippen LogP) is 4.43. The van der Waals surface area contributed by atoms with Gasteiger partial charge in [-0.1, -0.05) is 44.2 Å². The van der Waals surface area contributed by atoms with E-state index in [0.29, 0.717) is 43.9 Å². The van der Waals surface area contributed by atoms with Crippen LogP contribution in [0.4, 0.5) is 0 Å². The summed E-state index contributed by atoms with van der Waals surface area (Å²) in [4.78, 5) is 30.4. The van der Waals surface area contributed by atoms with Gasteiger partial charge in [-0.25, -0.2) is 0 Å². The minimum Gasteiger partial charge on any atom is -0.493 e. The highest BCUT2D eigenvalue weighted by Crippen LogP contribution is 2.35. The third kappa shape index (κ3) is 5.60. The topological polar surface area (TPSA) is 71.1 Å². The van der Waals surface area contributed by atoms with Crippen LogP contribution in [0.25, 0.3) is 5.70 Å². The first-order valence-electron chi connectivity index (χ1n) is 13.2. The molecule has 2 amide bonds. The van der Waals surface area contributed by atoms with Gasteiger partial charge in [0, 0.05) is 30.9 Å². The molecule has 1 fully saturated rings. The van der Waals surface area contributed by atoms with E-state index in [9.17, 15) is 9.59 Å². The molecule has 2 aliphatic rings. The molecule has 7 heteroatoms. The Kier molecular flexibility index (Phi) is 8.41. The molecule has 2 aromatic carbocycles. The number of carbonyl (C=O) groups excluding carboxylic acids is 2. The minimum absolute atomic E-state index is 0.0420. The molecule has 2 aromatic rings. The van der Waals surface area contributed by atoms with E-state index in [1.54, 1.807) is 20.6 Å². The van der Waals surface area contributed by atoms with E-state index in [4.69, 9.17) is 9.47 Å². The van der Waals surface area contributed by atoms with Crippen LogP contribution in [0.2, 0.25) is 0 Å². The number of ether oxygens (including phenoxy) is 2. The zero-order chi connectivity index (χ0) is 26.4. The normalized spacial score (nSPS) is 17.7. The van der Waals surface area contributed by atoms with Gasteiger partial charge in [0.05, 0.1) is 26.3 Å². The van der Waals surface area contributed by atoms with Gasteiger partial charge in [-0.05, 0) is 55.9 Å². The van der Waals surface area contributed by atoms with Crippen molar-refractivity contribution in [1.82, 2.24) is 15.1 Å². The predicted molar refractivity (Wildman–Crippen MR) is 145 cm³/mol. The fourth-order valence-electron chi connectivity index (χ4n) is 5.25. The van der Waals surface area contributed by atoms with Crippen molar-refractivity contribution in [2.75, 3.05) is 27.3 Å². The Bertz CT molecular complexity index is 1120. The molecule has 4 rings (SSSR count). The lowest BCUT2D eigenvalue weighted by Crippen LogP contribution is -2.61. The molecule has 2 heterocycles. The molecule has 7 nitrogen and oxygen atoms in total. The molecular formula is C30H38N3O4. The second-order valence-corrected chi connectivity index (χ2v) is 9.69. The standard InChI is InChI=1S/C30H38N3O4/c1-5-30(6-2)29(35)33(21-25(31-30)23-13-14-26(36-3)27(20-23)37-4)24-16-18-32(19-17-24)28(34)15-12-22-10-8-7-9-11-22/h7-11,13-15,20-21,24,31H,5-6,12,16-19H2,1-4H3. The number of hydrogen-bond donors (Lipinski definition) is 1. The number of benzene rings is 2. The third-order valence-corrected chi connectivity index (χ3v) is 7.71. The van der Waals surface area contributed by atoms with Crippen LogP contribution in [0.5, 0.6) is 11.5 Å². The Morgan fingerprint density at radius 1 is 1.03 bits per heavy atom. The van der Waals surface area contributed by atoms with E-state index in [2.05, 4.69) is 5.32 Å². The zero-order valence-corrected chi connectivity index (χ0v) is 22.3. The molecule has 1 N–H and O–H groups in total. The van der Waals surface area contributed by atoms with E-state index in [1.807, 2.05) is 78.4 Å². The van der Waals surface area contributed by atoms with Crippen molar-refractivity contribution >= 4 is 17.5 Å². The van der Waals surface area contributed by atoms with E-state index in [0.717, 1.165) is 29.7 Å². The molecule has 0 atom stereocenters. The van der Waals surface area contributed by atoms with Gasteiger partial charge in [-0.3, -0.25) is 9.59 Å². The van der Waals surface area contributed by atoms with Crippen molar-refractivity contribution in [1.29, 1.82) is 0 Å². The van der Waals surface area contributed by atoms with Gasteiger partial charge < -0.3 is 24.6 Å². The van der Waals surface area contributed by atoms with Gasteiger partial charge >= 0.3 is 0 Å². The largest absolute Gasteiger partial charge is 0.493 e. The van der Waals surface area contributed by atoms with Crippen LogP contribution in [0.1, 0.15) is 50.7 Å². The summed E-state index contributed by atoms with van der Waals surface area (Å²) in [6, 6.07) is 15.8. The van der Waals surface area contributed by atoms with Crippen LogP contribution in [0, 0.1) is 6.42 Å². The molecule has 0 bridgehead atoms. The molecule has 37 heavy (non-hydrogen) atoms. The Labute approximate surface area is 220 Å². The molecule has 0 unspecified atom stereocenters. The van der Waals surface area contributed by atoms with E-state index in [-0.39, 0.29) is 17.9 Å². The number of nitrogens with zero attached hydrogens (tertiary/aromatic N) is 2. The first-order valence-corrected chi connectivity index (χ1v) is 13.2. The molecule has 0 spiro atoms. The molecule has 1 radical (unpaired) electrons. The first-order chi connectivity index (χ1) is 17.9. The average Bonchev–Trinajstić information content (AvgIpc) is 2.96. The lowest BCUT2D eigenvalue weighted by molar-refractivity contribution is -0.139. The maximum atomic E-state index is 13.8. The van der Waals surface area contributed by atoms with E-state index in [1.165, 1.54) is 0 Å². The third-order valence-electron chi connectivity index (χ3n) is 7.71. The number of rotatable bonds is 9. The number of amides is 2. The number of nitrogens with one attached hydrogen (secondary N) is 1. The van der Waals surface area contributed by atoms with Crippen molar-refractivity contribution in [2.45, 2.75) is 57.5 Å². The van der Waals surface area contributed by atoms with Crippen LogP contribution >= 0.6 is 0 Å². The lowest BCUT2D eigenvalue weighted by atomic mass is 9.86. The molecule has 0 aliphatic carbocycles. The highest BCUT2D eigenvalue weighted by molar-refractivity contribution is 5.93.